The minimum Gasteiger partial charge on any atom is -0.310 e. The number of hydrogen-bond acceptors (Lipinski definition) is 1. The normalized spacial score (nSPS) is 11.3. The summed E-state index contributed by atoms with van der Waals surface area (Å²) in [6, 6.07) is 78.8. The van der Waals surface area contributed by atoms with E-state index < -0.39 is 0 Å². The minimum absolute atomic E-state index is 1.09. The Morgan fingerprint density at radius 1 is 0.296 bits per heavy atom. The number of para-hydroxylation sites is 2. The SMILES string of the molecule is c1ccc(-c2cccc(N(c3ccc(-c4ccc(-c5cccc6ccccc56)cc4)cc3)c3ccc(-n4c5ccccc5c5ccccc54)cc3)c2)cc1. The molecule has 0 saturated carbocycles. The molecule has 0 spiro atoms. The molecule has 9 aromatic carbocycles. The van der Waals surface area contributed by atoms with E-state index in [4.69, 9.17) is 0 Å². The van der Waals surface area contributed by atoms with Gasteiger partial charge in [-0.05, 0) is 105 Å². The second-order valence-corrected chi connectivity index (χ2v) is 13.8. The Bertz CT molecular complexity index is 2840. The van der Waals surface area contributed by atoms with Crippen LogP contribution in [0.25, 0.3) is 71.6 Å². The Kier molecular flexibility index (Phi) is 7.85. The molecule has 0 atom stereocenters. The maximum absolute atomic E-state index is 2.37. The molecule has 0 N–H and O–H groups in total. The van der Waals surface area contributed by atoms with Gasteiger partial charge in [-0.2, -0.15) is 0 Å². The summed E-state index contributed by atoms with van der Waals surface area (Å²) < 4.78 is 2.37. The standard InChI is InChI=1S/C52H36N2/c1-2-12-37(13-3-1)42-16-10-17-46(36-42)53(44-32-34-45(35-33-44)54-51-22-8-6-19-49(51)50-20-7-9-23-52(50)54)43-30-28-39(29-31-43)38-24-26-41(27-25-38)48-21-11-15-40-14-4-5-18-47(40)48/h1-36H. The first-order valence-corrected chi connectivity index (χ1v) is 18.5. The van der Waals surface area contributed by atoms with E-state index in [9.17, 15) is 0 Å². The van der Waals surface area contributed by atoms with Crippen molar-refractivity contribution in [1.82, 2.24) is 4.57 Å². The maximum Gasteiger partial charge on any atom is 0.0541 e. The molecule has 0 bridgehead atoms. The summed E-state index contributed by atoms with van der Waals surface area (Å²) >= 11 is 0. The second kappa shape index (κ2) is 13.4. The van der Waals surface area contributed by atoms with E-state index in [0.29, 0.717) is 0 Å². The molecule has 0 amide bonds. The van der Waals surface area contributed by atoms with E-state index in [1.54, 1.807) is 0 Å². The first-order chi connectivity index (χ1) is 26.8. The van der Waals surface area contributed by atoms with Gasteiger partial charge in [-0.1, -0.05) is 158 Å². The zero-order chi connectivity index (χ0) is 35.8. The average Bonchev–Trinajstić information content (AvgIpc) is 3.59. The van der Waals surface area contributed by atoms with E-state index >= 15 is 0 Å². The molecule has 54 heavy (non-hydrogen) atoms. The van der Waals surface area contributed by atoms with Crippen LogP contribution in [-0.2, 0) is 0 Å². The third-order valence-corrected chi connectivity index (χ3v) is 10.6. The summed E-state index contributed by atoms with van der Waals surface area (Å²) in [5.41, 5.74) is 14.1. The number of aromatic nitrogens is 1. The van der Waals surface area contributed by atoms with Crippen LogP contribution in [0, 0.1) is 0 Å². The quantitative estimate of drug-likeness (QED) is 0.162. The Morgan fingerprint density at radius 3 is 1.46 bits per heavy atom. The summed E-state index contributed by atoms with van der Waals surface area (Å²) in [4.78, 5) is 2.36. The summed E-state index contributed by atoms with van der Waals surface area (Å²) in [5.74, 6) is 0. The second-order valence-electron chi connectivity index (χ2n) is 13.8. The van der Waals surface area contributed by atoms with Crippen LogP contribution in [0.2, 0.25) is 0 Å². The summed E-state index contributed by atoms with van der Waals surface area (Å²) in [5, 5.41) is 5.06. The predicted octanol–water partition coefficient (Wildman–Crippen LogP) is 14.4. The molecule has 1 heterocycles. The molecule has 2 heteroatoms. The van der Waals surface area contributed by atoms with Gasteiger partial charge in [0.2, 0.25) is 0 Å². The van der Waals surface area contributed by atoms with Gasteiger partial charge in [-0.3, -0.25) is 0 Å². The Morgan fingerprint density at radius 2 is 0.778 bits per heavy atom. The van der Waals surface area contributed by atoms with Crippen molar-refractivity contribution in [2.45, 2.75) is 0 Å². The number of fused-ring (bicyclic) bond motifs is 4. The van der Waals surface area contributed by atoms with Gasteiger partial charge in [0.15, 0.2) is 0 Å². The predicted molar refractivity (Wildman–Crippen MR) is 229 cm³/mol. The van der Waals surface area contributed by atoms with Crippen LogP contribution in [0.5, 0.6) is 0 Å². The van der Waals surface area contributed by atoms with E-state index in [2.05, 4.69) is 228 Å². The number of benzene rings is 9. The fraction of sp³-hybridized carbons (Fsp3) is 0. The van der Waals surface area contributed by atoms with Gasteiger partial charge in [0, 0.05) is 33.5 Å². The lowest BCUT2D eigenvalue weighted by atomic mass is 9.96. The molecular weight excluding hydrogens is 653 g/mol. The van der Waals surface area contributed by atoms with Crippen molar-refractivity contribution in [3.8, 4) is 39.1 Å². The third kappa shape index (κ3) is 5.62. The van der Waals surface area contributed by atoms with Crippen LogP contribution < -0.4 is 4.90 Å². The maximum atomic E-state index is 2.37. The van der Waals surface area contributed by atoms with Crippen LogP contribution in [-0.4, -0.2) is 4.57 Å². The Balaban J connectivity index is 1.03. The first kappa shape index (κ1) is 31.6. The van der Waals surface area contributed by atoms with Gasteiger partial charge >= 0.3 is 0 Å². The van der Waals surface area contributed by atoms with Gasteiger partial charge in [-0.25, -0.2) is 0 Å². The average molecular weight is 689 g/mol. The first-order valence-electron chi connectivity index (χ1n) is 18.5. The largest absolute Gasteiger partial charge is 0.310 e. The molecule has 0 radical (unpaired) electrons. The van der Waals surface area contributed by atoms with Crippen molar-refractivity contribution < 1.29 is 0 Å². The number of nitrogens with zero attached hydrogens (tertiary/aromatic N) is 2. The molecule has 0 aliphatic carbocycles. The lowest BCUT2D eigenvalue weighted by Gasteiger charge is -2.26. The summed E-state index contributed by atoms with van der Waals surface area (Å²) in [6.07, 6.45) is 0. The zero-order valence-corrected chi connectivity index (χ0v) is 29.7. The smallest absolute Gasteiger partial charge is 0.0541 e. The molecule has 254 valence electrons. The van der Waals surface area contributed by atoms with Gasteiger partial charge in [-0.15, -0.1) is 0 Å². The molecule has 0 aliphatic rings. The summed E-state index contributed by atoms with van der Waals surface area (Å²) in [6.45, 7) is 0. The van der Waals surface area contributed by atoms with Crippen molar-refractivity contribution >= 4 is 49.6 Å². The minimum atomic E-state index is 1.09. The molecule has 2 nitrogen and oxygen atoms in total. The molecule has 10 aromatic rings. The van der Waals surface area contributed by atoms with Crippen molar-refractivity contribution in [3.63, 3.8) is 0 Å². The van der Waals surface area contributed by atoms with E-state index in [0.717, 1.165) is 22.7 Å². The Hall–Kier alpha value is -7.16. The summed E-state index contributed by atoms with van der Waals surface area (Å²) in [7, 11) is 0. The van der Waals surface area contributed by atoms with Crippen molar-refractivity contribution in [3.05, 3.63) is 218 Å². The Labute approximate surface area is 315 Å². The highest BCUT2D eigenvalue weighted by molar-refractivity contribution is 6.09. The van der Waals surface area contributed by atoms with Crippen molar-refractivity contribution in [2.75, 3.05) is 4.90 Å². The van der Waals surface area contributed by atoms with Gasteiger partial charge < -0.3 is 9.47 Å². The number of rotatable bonds is 7. The van der Waals surface area contributed by atoms with Gasteiger partial charge in [0.05, 0.1) is 11.0 Å². The number of anilines is 3. The topological polar surface area (TPSA) is 8.17 Å². The monoisotopic (exact) mass is 688 g/mol. The molecule has 10 rings (SSSR count). The molecule has 1 aromatic heterocycles. The highest BCUT2D eigenvalue weighted by Crippen LogP contribution is 2.39. The lowest BCUT2D eigenvalue weighted by Crippen LogP contribution is -2.10. The molecule has 0 aliphatic heterocycles. The van der Waals surface area contributed by atoms with Crippen LogP contribution in [0.4, 0.5) is 17.1 Å². The molecule has 0 saturated heterocycles. The molecular formula is C52H36N2. The van der Waals surface area contributed by atoms with Crippen LogP contribution >= 0.6 is 0 Å². The molecule has 0 unspecified atom stereocenters. The fourth-order valence-corrected chi connectivity index (χ4v) is 7.98. The van der Waals surface area contributed by atoms with E-state index in [1.165, 1.54) is 66.0 Å². The highest BCUT2D eigenvalue weighted by Gasteiger charge is 2.16. The zero-order valence-electron chi connectivity index (χ0n) is 29.7. The lowest BCUT2D eigenvalue weighted by molar-refractivity contribution is 1.17. The highest BCUT2D eigenvalue weighted by atomic mass is 15.1. The van der Waals surface area contributed by atoms with E-state index in [-0.39, 0.29) is 0 Å². The van der Waals surface area contributed by atoms with Crippen molar-refractivity contribution in [2.24, 2.45) is 0 Å². The van der Waals surface area contributed by atoms with Crippen LogP contribution in [0.3, 0.4) is 0 Å². The van der Waals surface area contributed by atoms with Crippen LogP contribution in [0.1, 0.15) is 0 Å². The third-order valence-electron chi connectivity index (χ3n) is 10.6. The fourth-order valence-electron chi connectivity index (χ4n) is 7.98. The molecule has 0 fully saturated rings. The number of hydrogen-bond donors (Lipinski definition) is 0. The van der Waals surface area contributed by atoms with E-state index in [1.807, 2.05) is 0 Å². The van der Waals surface area contributed by atoms with Gasteiger partial charge in [0.25, 0.3) is 0 Å². The van der Waals surface area contributed by atoms with Gasteiger partial charge in [0.1, 0.15) is 0 Å². The van der Waals surface area contributed by atoms with Crippen LogP contribution in [0.15, 0.2) is 218 Å². The van der Waals surface area contributed by atoms with Crippen molar-refractivity contribution in [1.29, 1.82) is 0 Å².